The van der Waals surface area contributed by atoms with Crippen molar-refractivity contribution in [2.75, 3.05) is 19.8 Å². The Labute approximate surface area is 129 Å². The number of hydrogen-bond acceptors (Lipinski definition) is 6. The van der Waals surface area contributed by atoms with Crippen LogP contribution < -0.4 is 5.73 Å². The van der Waals surface area contributed by atoms with Gasteiger partial charge in [0.05, 0.1) is 12.1 Å². The third kappa shape index (κ3) is 3.26. The molecule has 0 amide bonds. The zero-order chi connectivity index (χ0) is 14.7. The van der Waals surface area contributed by atoms with E-state index in [9.17, 15) is 0 Å². The lowest BCUT2D eigenvalue weighted by atomic mass is 9.86. The maximum Gasteiger partial charge on any atom is 0.191 e. The van der Waals surface area contributed by atoms with E-state index in [0.717, 1.165) is 63.0 Å². The number of rotatable bonds is 4. The molecule has 1 unspecified atom stereocenters. The van der Waals surface area contributed by atoms with Crippen LogP contribution in [0.1, 0.15) is 38.4 Å². The Morgan fingerprint density at radius 3 is 2.86 bits per heavy atom. The largest absolute Gasteiger partial charge is 0.381 e. The van der Waals surface area contributed by atoms with Gasteiger partial charge in [-0.05, 0) is 32.6 Å². The molecule has 0 aromatic carbocycles. The quantitative estimate of drug-likeness (QED) is 0.910. The average molecular weight is 312 g/mol. The number of thioether (sulfide) groups is 1. The van der Waals surface area contributed by atoms with E-state index >= 15 is 0 Å². The summed E-state index contributed by atoms with van der Waals surface area (Å²) < 4.78 is 13.7. The summed E-state index contributed by atoms with van der Waals surface area (Å²) in [5.74, 6) is 0.868. The number of nitrogens with two attached hydrogens (primary N) is 1. The number of ether oxygens (including phenoxy) is 2. The van der Waals surface area contributed by atoms with Crippen molar-refractivity contribution in [1.29, 1.82) is 0 Å². The maximum absolute atomic E-state index is 6.10. The minimum absolute atomic E-state index is 0.0297. The first kappa shape index (κ1) is 15.3. The fourth-order valence-electron chi connectivity index (χ4n) is 3.20. The van der Waals surface area contributed by atoms with E-state index in [2.05, 4.69) is 21.7 Å². The highest BCUT2D eigenvalue weighted by Crippen LogP contribution is 2.40. The third-order valence-corrected chi connectivity index (χ3v) is 5.66. The molecular formula is C14H24N4O2S. The van der Waals surface area contributed by atoms with Crippen molar-refractivity contribution in [3.05, 3.63) is 5.82 Å². The van der Waals surface area contributed by atoms with E-state index in [1.165, 1.54) is 0 Å². The lowest BCUT2D eigenvalue weighted by Gasteiger charge is -2.43. The smallest absolute Gasteiger partial charge is 0.191 e. The second kappa shape index (κ2) is 6.64. The van der Waals surface area contributed by atoms with Crippen molar-refractivity contribution in [3.8, 4) is 0 Å². The standard InChI is InChI=1S/C14H24N4O2S/c1-2-18-12(10-15)16-17-13(18)21-11-3-6-20-14(9-11)4-7-19-8-5-14/h11H,2-10,15H2,1H3. The molecule has 1 atom stereocenters. The predicted molar refractivity (Wildman–Crippen MR) is 81.2 cm³/mol. The molecule has 2 fully saturated rings. The van der Waals surface area contributed by atoms with E-state index in [-0.39, 0.29) is 5.60 Å². The van der Waals surface area contributed by atoms with Gasteiger partial charge in [0.25, 0.3) is 0 Å². The fraction of sp³-hybridized carbons (Fsp3) is 0.857. The monoisotopic (exact) mass is 312 g/mol. The van der Waals surface area contributed by atoms with Gasteiger partial charge in [0.1, 0.15) is 5.82 Å². The molecule has 2 aliphatic rings. The Hall–Kier alpha value is -0.630. The second-order valence-corrected chi connectivity index (χ2v) is 6.99. The van der Waals surface area contributed by atoms with E-state index in [0.29, 0.717) is 11.8 Å². The van der Waals surface area contributed by atoms with Crippen LogP contribution in [0.15, 0.2) is 5.16 Å². The first-order valence-corrected chi connectivity index (χ1v) is 8.65. The molecule has 1 aromatic rings. The Morgan fingerprint density at radius 1 is 1.33 bits per heavy atom. The molecule has 2 N–H and O–H groups in total. The molecule has 6 nitrogen and oxygen atoms in total. The summed E-state index contributed by atoms with van der Waals surface area (Å²) in [4.78, 5) is 0. The van der Waals surface area contributed by atoms with Crippen LogP contribution in [0.25, 0.3) is 0 Å². The number of nitrogens with zero attached hydrogens (tertiary/aromatic N) is 3. The molecule has 1 spiro atoms. The third-order valence-electron chi connectivity index (χ3n) is 4.42. The summed E-state index contributed by atoms with van der Waals surface area (Å²) in [6.07, 6.45) is 4.18. The number of aromatic nitrogens is 3. The van der Waals surface area contributed by atoms with Gasteiger partial charge in [-0.15, -0.1) is 10.2 Å². The maximum atomic E-state index is 6.10. The van der Waals surface area contributed by atoms with Crippen LogP contribution >= 0.6 is 11.8 Å². The molecule has 2 aliphatic heterocycles. The summed E-state index contributed by atoms with van der Waals surface area (Å²) in [6.45, 7) is 5.89. The Balaban J connectivity index is 1.68. The van der Waals surface area contributed by atoms with Crippen LogP contribution in [0.2, 0.25) is 0 Å². The van der Waals surface area contributed by atoms with Gasteiger partial charge in [-0.1, -0.05) is 11.8 Å². The Kier molecular flexibility index (Phi) is 4.83. The summed E-state index contributed by atoms with van der Waals surface area (Å²) >= 11 is 1.83. The van der Waals surface area contributed by atoms with E-state index in [4.69, 9.17) is 15.2 Å². The summed E-state index contributed by atoms with van der Waals surface area (Å²) in [5, 5.41) is 10.0. The molecule has 0 saturated carbocycles. The molecule has 7 heteroatoms. The highest BCUT2D eigenvalue weighted by Gasteiger charge is 2.39. The van der Waals surface area contributed by atoms with Crippen LogP contribution in [0, 0.1) is 0 Å². The molecule has 1 aromatic heterocycles. The van der Waals surface area contributed by atoms with Gasteiger partial charge in [-0.25, -0.2) is 0 Å². The van der Waals surface area contributed by atoms with Crippen molar-refractivity contribution in [2.45, 2.75) is 61.7 Å². The zero-order valence-corrected chi connectivity index (χ0v) is 13.4. The van der Waals surface area contributed by atoms with Crippen LogP contribution in [0.5, 0.6) is 0 Å². The summed E-state index contributed by atoms with van der Waals surface area (Å²) in [5.41, 5.74) is 5.75. The van der Waals surface area contributed by atoms with Gasteiger partial charge >= 0.3 is 0 Å². The normalized spacial score (nSPS) is 25.3. The van der Waals surface area contributed by atoms with E-state index in [1.807, 2.05) is 11.8 Å². The summed E-state index contributed by atoms with van der Waals surface area (Å²) in [6, 6.07) is 0. The number of hydrogen-bond donors (Lipinski definition) is 1. The first-order chi connectivity index (χ1) is 10.3. The van der Waals surface area contributed by atoms with Crippen LogP contribution in [-0.4, -0.2) is 45.4 Å². The minimum atomic E-state index is 0.0297. The molecule has 118 valence electrons. The van der Waals surface area contributed by atoms with Gasteiger partial charge in [0, 0.05) is 31.6 Å². The molecule has 2 saturated heterocycles. The van der Waals surface area contributed by atoms with Crippen LogP contribution in [0.3, 0.4) is 0 Å². The summed E-state index contributed by atoms with van der Waals surface area (Å²) in [7, 11) is 0. The Bertz CT molecular complexity index is 468. The van der Waals surface area contributed by atoms with Gasteiger partial charge in [0.15, 0.2) is 5.16 Å². The highest BCUT2D eigenvalue weighted by molar-refractivity contribution is 7.99. The molecule has 21 heavy (non-hydrogen) atoms. The second-order valence-electron chi connectivity index (χ2n) is 5.72. The van der Waals surface area contributed by atoms with Crippen molar-refractivity contribution in [1.82, 2.24) is 14.8 Å². The van der Waals surface area contributed by atoms with Crippen molar-refractivity contribution in [3.63, 3.8) is 0 Å². The Morgan fingerprint density at radius 2 is 2.14 bits per heavy atom. The molecule has 0 aliphatic carbocycles. The van der Waals surface area contributed by atoms with Crippen LogP contribution in [0.4, 0.5) is 0 Å². The minimum Gasteiger partial charge on any atom is -0.381 e. The van der Waals surface area contributed by atoms with Gasteiger partial charge in [0.2, 0.25) is 0 Å². The molecule has 3 rings (SSSR count). The molecule has 0 bridgehead atoms. The molecule has 0 radical (unpaired) electrons. The van der Waals surface area contributed by atoms with Crippen molar-refractivity contribution in [2.24, 2.45) is 5.73 Å². The van der Waals surface area contributed by atoms with Crippen molar-refractivity contribution >= 4 is 11.8 Å². The zero-order valence-electron chi connectivity index (χ0n) is 12.6. The predicted octanol–water partition coefficient (Wildman–Crippen LogP) is 1.58. The van der Waals surface area contributed by atoms with Crippen LogP contribution in [-0.2, 0) is 22.6 Å². The fourth-order valence-corrected chi connectivity index (χ4v) is 4.55. The van der Waals surface area contributed by atoms with Gasteiger partial charge < -0.3 is 19.8 Å². The SMILES string of the molecule is CCn1c(CN)nnc1SC1CCOC2(CCOCC2)C1. The highest BCUT2D eigenvalue weighted by atomic mass is 32.2. The first-order valence-electron chi connectivity index (χ1n) is 7.77. The van der Waals surface area contributed by atoms with Gasteiger partial charge in [-0.3, -0.25) is 0 Å². The lowest BCUT2D eigenvalue weighted by molar-refractivity contribution is -0.131. The topological polar surface area (TPSA) is 75.2 Å². The lowest BCUT2D eigenvalue weighted by Crippen LogP contribution is -2.45. The van der Waals surface area contributed by atoms with E-state index < -0.39 is 0 Å². The molecular weight excluding hydrogens is 288 g/mol. The average Bonchev–Trinajstić information content (AvgIpc) is 2.90. The van der Waals surface area contributed by atoms with E-state index in [1.54, 1.807) is 0 Å². The molecule has 3 heterocycles. The van der Waals surface area contributed by atoms with Gasteiger partial charge in [-0.2, -0.15) is 0 Å². The van der Waals surface area contributed by atoms with Crippen molar-refractivity contribution < 1.29 is 9.47 Å².